The normalized spacial score (nSPS) is 11.0. The van der Waals surface area contributed by atoms with E-state index in [-0.39, 0.29) is 18.2 Å². The van der Waals surface area contributed by atoms with E-state index < -0.39 is 23.6 Å². The fourth-order valence-corrected chi connectivity index (χ4v) is 1.95. The molecule has 0 saturated heterocycles. The van der Waals surface area contributed by atoms with Crippen molar-refractivity contribution >= 4 is 0 Å². The molecule has 0 radical (unpaired) electrons. The topological polar surface area (TPSA) is 52.8 Å². The van der Waals surface area contributed by atoms with Crippen LogP contribution < -0.4 is 4.74 Å². The molecule has 0 fully saturated rings. The molecule has 0 aliphatic heterocycles. The van der Waals surface area contributed by atoms with Gasteiger partial charge < -0.3 is 4.74 Å². The Morgan fingerprint density at radius 1 is 1.12 bits per heavy atom. The Kier molecular flexibility index (Phi) is 4.41. The summed E-state index contributed by atoms with van der Waals surface area (Å²) < 4.78 is 58.5. The Labute approximate surface area is 133 Å². The van der Waals surface area contributed by atoms with E-state index in [1.807, 2.05) is 0 Å². The minimum absolute atomic E-state index is 0.114. The highest BCUT2D eigenvalue weighted by atomic mass is 19.3. The van der Waals surface area contributed by atoms with Gasteiger partial charge in [0.1, 0.15) is 18.1 Å². The van der Waals surface area contributed by atoms with E-state index in [2.05, 4.69) is 15.3 Å². The van der Waals surface area contributed by atoms with Crippen LogP contribution in [0, 0.1) is 11.6 Å². The number of alkyl halides is 2. The standard InChI is InChI=1S/C15H10F4N4O/c16-12-4-3-10(6-11(12)14(18)19)23-7-9(21-22-23)8-24-15-13(17)2-1-5-20-15/h1-7,14H,8H2. The molecule has 0 spiro atoms. The van der Waals surface area contributed by atoms with E-state index in [1.54, 1.807) is 0 Å². The number of aromatic nitrogens is 4. The second kappa shape index (κ2) is 6.65. The maximum atomic E-state index is 13.4. The van der Waals surface area contributed by atoms with Gasteiger partial charge in [-0.15, -0.1) is 5.10 Å². The summed E-state index contributed by atoms with van der Waals surface area (Å²) in [5, 5.41) is 7.55. The Balaban J connectivity index is 1.76. The summed E-state index contributed by atoms with van der Waals surface area (Å²) in [5.74, 6) is -1.80. The van der Waals surface area contributed by atoms with Crippen molar-refractivity contribution in [1.29, 1.82) is 0 Å². The van der Waals surface area contributed by atoms with E-state index in [9.17, 15) is 17.6 Å². The van der Waals surface area contributed by atoms with Crippen LogP contribution in [0.2, 0.25) is 0 Å². The second-order valence-corrected chi connectivity index (χ2v) is 4.74. The zero-order valence-corrected chi connectivity index (χ0v) is 12.0. The summed E-state index contributed by atoms with van der Waals surface area (Å²) in [4.78, 5) is 3.72. The van der Waals surface area contributed by atoms with Gasteiger partial charge in [0.2, 0.25) is 0 Å². The molecule has 0 N–H and O–H groups in total. The highest BCUT2D eigenvalue weighted by Gasteiger charge is 2.15. The van der Waals surface area contributed by atoms with E-state index in [4.69, 9.17) is 4.74 Å². The molecular weight excluding hydrogens is 328 g/mol. The lowest BCUT2D eigenvalue weighted by Gasteiger charge is -2.05. The number of ether oxygens (including phenoxy) is 1. The van der Waals surface area contributed by atoms with Gasteiger partial charge in [0.15, 0.2) is 5.82 Å². The Bertz CT molecular complexity index is 853. The van der Waals surface area contributed by atoms with Crippen LogP contribution in [0.15, 0.2) is 42.7 Å². The van der Waals surface area contributed by atoms with Gasteiger partial charge >= 0.3 is 0 Å². The molecule has 24 heavy (non-hydrogen) atoms. The summed E-state index contributed by atoms with van der Waals surface area (Å²) >= 11 is 0. The number of halogens is 4. The molecule has 0 aliphatic rings. The minimum Gasteiger partial charge on any atom is -0.469 e. The van der Waals surface area contributed by atoms with Crippen LogP contribution in [-0.2, 0) is 6.61 Å². The zero-order chi connectivity index (χ0) is 17.1. The number of rotatable bonds is 5. The first-order valence-corrected chi connectivity index (χ1v) is 6.77. The fourth-order valence-electron chi connectivity index (χ4n) is 1.95. The molecular formula is C15H10F4N4O. The highest BCUT2D eigenvalue weighted by Crippen LogP contribution is 2.24. The van der Waals surface area contributed by atoms with Gasteiger partial charge in [-0.05, 0) is 30.3 Å². The maximum absolute atomic E-state index is 13.4. The number of benzene rings is 1. The van der Waals surface area contributed by atoms with E-state index in [0.717, 1.165) is 12.1 Å². The molecule has 1 aromatic carbocycles. The zero-order valence-electron chi connectivity index (χ0n) is 12.0. The molecule has 5 nitrogen and oxygen atoms in total. The lowest BCUT2D eigenvalue weighted by atomic mass is 10.2. The van der Waals surface area contributed by atoms with Crippen molar-refractivity contribution in [2.24, 2.45) is 0 Å². The molecule has 2 aromatic heterocycles. The van der Waals surface area contributed by atoms with Crippen molar-refractivity contribution in [2.45, 2.75) is 13.0 Å². The van der Waals surface area contributed by atoms with Crippen LogP contribution in [-0.4, -0.2) is 20.0 Å². The molecule has 9 heteroatoms. The largest absolute Gasteiger partial charge is 0.469 e. The molecule has 124 valence electrons. The highest BCUT2D eigenvalue weighted by molar-refractivity contribution is 5.36. The Hall–Kier alpha value is -2.97. The summed E-state index contributed by atoms with van der Waals surface area (Å²) in [7, 11) is 0. The summed E-state index contributed by atoms with van der Waals surface area (Å²) in [5.41, 5.74) is -0.186. The smallest absolute Gasteiger partial charge is 0.266 e. The second-order valence-electron chi connectivity index (χ2n) is 4.74. The third-order valence-electron chi connectivity index (χ3n) is 3.10. The van der Waals surface area contributed by atoms with Gasteiger partial charge in [0.25, 0.3) is 12.3 Å². The van der Waals surface area contributed by atoms with Crippen molar-refractivity contribution in [3.63, 3.8) is 0 Å². The third-order valence-corrected chi connectivity index (χ3v) is 3.10. The number of pyridine rings is 1. The van der Waals surface area contributed by atoms with Gasteiger partial charge in [0, 0.05) is 6.20 Å². The van der Waals surface area contributed by atoms with Crippen molar-refractivity contribution in [3.8, 4) is 11.6 Å². The van der Waals surface area contributed by atoms with E-state index in [1.165, 1.54) is 35.3 Å². The Morgan fingerprint density at radius 3 is 2.71 bits per heavy atom. The van der Waals surface area contributed by atoms with Crippen LogP contribution in [0.1, 0.15) is 17.7 Å². The molecule has 3 aromatic rings. The van der Waals surface area contributed by atoms with Crippen LogP contribution in [0.25, 0.3) is 5.69 Å². The average molecular weight is 338 g/mol. The van der Waals surface area contributed by atoms with Crippen molar-refractivity contribution in [1.82, 2.24) is 20.0 Å². The predicted octanol–water partition coefficient (Wildman–Crippen LogP) is 3.46. The molecule has 0 atom stereocenters. The first-order chi connectivity index (χ1) is 11.5. The minimum atomic E-state index is -2.94. The number of hydrogen-bond acceptors (Lipinski definition) is 4. The molecule has 2 heterocycles. The summed E-state index contributed by atoms with van der Waals surface area (Å²) in [6, 6.07) is 5.83. The van der Waals surface area contributed by atoms with Gasteiger partial charge in [0.05, 0.1) is 17.4 Å². The van der Waals surface area contributed by atoms with Crippen molar-refractivity contribution < 1.29 is 22.3 Å². The molecule has 3 rings (SSSR count). The first kappa shape index (κ1) is 15.9. The van der Waals surface area contributed by atoms with Crippen LogP contribution in [0.3, 0.4) is 0 Å². The van der Waals surface area contributed by atoms with Gasteiger partial charge in [-0.2, -0.15) is 0 Å². The summed E-state index contributed by atoms with van der Waals surface area (Å²) in [6.45, 7) is -0.114. The maximum Gasteiger partial charge on any atom is 0.266 e. The van der Waals surface area contributed by atoms with Crippen LogP contribution in [0.5, 0.6) is 5.88 Å². The summed E-state index contributed by atoms with van der Waals surface area (Å²) in [6.07, 6.45) is -0.161. The van der Waals surface area contributed by atoms with Crippen molar-refractivity contribution in [3.05, 3.63) is 65.6 Å². The monoisotopic (exact) mass is 338 g/mol. The number of hydrogen-bond donors (Lipinski definition) is 0. The lowest BCUT2D eigenvalue weighted by molar-refractivity contribution is 0.146. The predicted molar refractivity (Wildman–Crippen MR) is 74.8 cm³/mol. The van der Waals surface area contributed by atoms with Gasteiger partial charge in [-0.25, -0.2) is 27.2 Å². The van der Waals surface area contributed by atoms with Crippen LogP contribution in [0.4, 0.5) is 17.6 Å². The van der Waals surface area contributed by atoms with Gasteiger partial charge in [-0.3, -0.25) is 0 Å². The molecule has 0 amide bonds. The van der Waals surface area contributed by atoms with E-state index >= 15 is 0 Å². The first-order valence-electron chi connectivity index (χ1n) is 6.77. The quantitative estimate of drug-likeness (QED) is 0.669. The van der Waals surface area contributed by atoms with Crippen LogP contribution >= 0.6 is 0 Å². The molecule has 0 unspecified atom stereocenters. The molecule has 0 bridgehead atoms. The molecule has 0 aliphatic carbocycles. The average Bonchev–Trinajstić information content (AvgIpc) is 3.03. The van der Waals surface area contributed by atoms with Crippen molar-refractivity contribution in [2.75, 3.05) is 0 Å². The van der Waals surface area contributed by atoms with E-state index in [0.29, 0.717) is 5.69 Å². The molecule has 0 saturated carbocycles. The Morgan fingerprint density at radius 2 is 1.96 bits per heavy atom. The number of nitrogens with zero attached hydrogens (tertiary/aromatic N) is 4. The fraction of sp³-hybridized carbons (Fsp3) is 0.133. The SMILES string of the molecule is Fc1ccc(-n2cc(COc3ncccc3F)nn2)cc1C(F)F. The van der Waals surface area contributed by atoms with Gasteiger partial charge in [-0.1, -0.05) is 5.21 Å². The lowest BCUT2D eigenvalue weighted by Crippen LogP contribution is -2.00. The third kappa shape index (κ3) is 3.34.